The van der Waals surface area contributed by atoms with Crippen LogP contribution in [0, 0.1) is 0 Å². The van der Waals surface area contributed by atoms with Gasteiger partial charge in [-0.15, -0.1) is 0 Å². The van der Waals surface area contributed by atoms with E-state index in [1.165, 1.54) is 0 Å². The lowest BCUT2D eigenvalue weighted by molar-refractivity contribution is -0.328. The van der Waals surface area contributed by atoms with Crippen molar-refractivity contribution in [3.05, 3.63) is 46.1 Å². The monoisotopic (exact) mass is 531 g/mol. The normalized spacial score (nSPS) is 13.5. The number of hydrogen-bond acceptors (Lipinski definition) is 4. The summed E-state index contributed by atoms with van der Waals surface area (Å²) in [4.78, 5) is 3.50. The first kappa shape index (κ1) is 27.0. The number of rotatable bonds is 9. The van der Waals surface area contributed by atoms with Gasteiger partial charge in [0.2, 0.25) is 5.88 Å². The van der Waals surface area contributed by atoms with Crippen LogP contribution in [0.5, 0.6) is 17.4 Å². The van der Waals surface area contributed by atoms with E-state index < -0.39 is 35.9 Å². The van der Waals surface area contributed by atoms with Crippen LogP contribution in [-0.4, -0.2) is 36.7 Å². The molecule has 0 saturated heterocycles. The minimum atomic E-state index is -6.18. The van der Waals surface area contributed by atoms with Crippen LogP contribution in [-0.2, 0) is 6.18 Å². The molecular formula is C18H12Cl2F9NO3. The number of halogens is 11. The van der Waals surface area contributed by atoms with Gasteiger partial charge in [-0.05, 0) is 6.07 Å². The van der Waals surface area contributed by atoms with Crippen LogP contribution in [0.4, 0.5) is 39.5 Å². The van der Waals surface area contributed by atoms with Crippen molar-refractivity contribution >= 4 is 23.2 Å². The fraction of sp³-hybridized carbons (Fsp3) is 0.389. The van der Waals surface area contributed by atoms with Gasteiger partial charge in [0.05, 0.1) is 28.8 Å². The second-order valence-corrected chi connectivity index (χ2v) is 7.02. The molecule has 1 heterocycles. The van der Waals surface area contributed by atoms with Gasteiger partial charge in [0.15, 0.2) is 5.75 Å². The number of nitrogens with zero attached hydrogens (tertiary/aromatic N) is 1. The van der Waals surface area contributed by atoms with Crippen molar-refractivity contribution < 1.29 is 53.7 Å². The number of aromatic nitrogens is 1. The van der Waals surface area contributed by atoms with E-state index in [2.05, 4.69) is 9.72 Å². The van der Waals surface area contributed by atoms with Crippen LogP contribution in [0.25, 0.3) is 0 Å². The average Bonchev–Trinajstić information content (AvgIpc) is 2.68. The summed E-state index contributed by atoms with van der Waals surface area (Å²) < 4.78 is 128. The maximum atomic E-state index is 13.3. The van der Waals surface area contributed by atoms with Crippen molar-refractivity contribution in [2.75, 3.05) is 13.2 Å². The fourth-order valence-electron chi connectivity index (χ4n) is 2.11. The predicted octanol–water partition coefficient (Wildman–Crippen LogP) is 7.13. The second kappa shape index (κ2) is 10.3. The third-order valence-corrected chi connectivity index (χ3v) is 4.28. The average molecular weight is 532 g/mol. The number of hydrogen-bond donors (Lipinski definition) is 0. The van der Waals surface area contributed by atoms with Crippen LogP contribution in [0.1, 0.15) is 12.0 Å². The Bertz CT molecular complexity index is 914. The summed E-state index contributed by atoms with van der Waals surface area (Å²) in [6, 6.07) is 3.26. The Morgan fingerprint density at radius 1 is 0.879 bits per heavy atom. The van der Waals surface area contributed by atoms with E-state index in [9.17, 15) is 39.5 Å². The van der Waals surface area contributed by atoms with Gasteiger partial charge in [0.1, 0.15) is 5.75 Å². The number of benzene rings is 1. The summed E-state index contributed by atoms with van der Waals surface area (Å²) >= 11 is 11.7. The van der Waals surface area contributed by atoms with Gasteiger partial charge >= 0.3 is 24.6 Å². The highest BCUT2D eigenvalue weighted by Gasteiger charge is 2.65. The summed E-state index contributed by atoms with van der Waals surface area (Å²) in [6.07, 6.45) is -14.0. The molecular weight excluding hydrogens is 520 g/mol. The number of alkyl halides is 9. The first-order valence-electron chi connectivity index (χ1n) is 8.66. The van der Waals surface area contributed by atoms with Gasteiger partial charge in [-0.3, -0.25) is 0 Å². The molecule has 2 aromatic rings. The Labute approximate surface area is 190 Å². The summed E-state index contributed by atoms with van der Waals surface area (Å²) in [5, 5.41) is -0.740. The van der Waals surface area contributed by atoms with Gasteiger partial charge in [-0.2, -0.15) is 39.5 Å². The molecule has 15 heteroatoms. The van der Waals surface area contributed by atoms with Crippen molar-refractivity contribution in [3.63, 3.8) is 0 Å². The molecule has 2 rings (SSSR count). The highest BCUT2D eigenvalue weighted by Crippen LogP contribution is 2.42. The Kier molecular flexibility index (Phi) is 8.44. The molecule has 4 nitrogen and oxygen atoms in total. The molecule has 0 N–H and O–H groups in total. The molecule has 0 spiro atoms. The topological polar surface area (TPSA) is 40.6 Å². The summed E-state index contributed by atoms with van der Waals surface area (Å²) in [5.41, 5.74) is -0.948. The molecule has 0 aliphatic heterocycles. The molecule has 0 aliphatic rings. The van der Waals surface area contributed by atoms with Gasteiger partial charge in [0, 0.05) is 30.8 Å². The molecule has 184 valence electrons. The molecule has 0 bridgehead atoms. The van der Waals surface area contributed by atoms with E-state index in [4.69, 9.17) is 32.7 Å². The minimum absolute atomic E-state index is 0.0369. The Morgan fingerprint density at radius 3 is 1.94 bits per heavy atom. The largest absolute Gasteiger partial charge is 0.490 e. The molecule has 1 aromatic carbocycles. The van der Waals surface area contributed by atoms with Crippen LogP contribution in [0.2, 0.25) is 10.0 Å². The summed E-state index contributed by atoms with van der Waals surface area (Å²) in [7, 11) is 0. The van der Waals surface area contributed by atoms with Crippen LogP contribution in [0.3, 0.4) is 0 Å². The predicted molar refractivity (Wildman–Crippen MR) is 97.8 cm³/mol. The van der Waals surface area contributed by atoms with E-state index in [1.54, 1.807) is 0 Å². The highest BCUT2D eigenvalue weighted by atomic mass is 35.5. The third-order valence-electron chi connectivity index (χ3n) is 3.72. The second-order valence-electron chi connectivity index (χ2n) is 6.20. The summed E-state index contributed by atoms with van der Waals surface area (Å²) in [6.45, 7) is -0.136. The Morgan fingerprint density at radius 2 is 1.45 bits per heavy atom. The van der Waals surface area contributed by atoms with Crippen molar-refractivity contribution in [2.45, 2.75) is 31.1 Å². The third kappa shape index (κ3) is 7.10. The molecule has 0 fully saturated rings. The zero-order chi connectivity index (χ0) is 25.0. The molecule has 1 unspecified atom stereocenters. The lowest BCUT2D eigenvalue weighted by Crippen LogP contribution is -2.47. The van der Waals surface area contributed by atoms with Gasteiger partial charge in [-0.1, -0.05) is 23.2 Å². The van der Waals surface area contributed by atoms with Crippen molar-refractivity contribution in [2.24, 2.45) is 0 Å². The standard InChI is InChI=1S/C18H12Cl2F9NO3/c19-11-6-10(33-15(21)16(22,23)18(27,28)29)7-12(20)14(11)32-5-1-4-31-13-3-2-9(8-30-13)17(24,25)26/h2-3,6-8,15H,1,4-5H2. The van der Waals surface area contributed by atoms with Crippen molar-refractivity contribution in [1.29, 1.82) is 0 Å². The molecule has 0 amide bonds. The fourth-order valence-corrected chi connectivity index (χ4v) is 2.68. The van der Waals surface area contributed by atoms with Gasteiger partial charge in [-0.25, -0.2) is 4.98 Å². The van der Waals surface area contributed by atoms with E-state index in [-0.39, 0.29) is 41.3 Å². The van der Waals surface area contributed by atoms with E-state index in [1.807, 2.05) is 0 Å². The molecule has 1 aromatic heterocycles. The lowest BCUT2D eigenvalue weighted by Gasteiger charge is -2.23. The Balaban J connectivity index is 1.88. The first-order valence-corrected chi connectivity index (χ1v) is 9.41. The molecule has 0 radical (unpaired) electrons. The quantitative estimate of drug-likeness (QED) is 0.255. The van der Waals surface area contributed by atoms with Crippen LogP contribution < -0.4 is 14.2 Å². The molecule has 0 aliphatic carbocycles. The van der Waals surface area contributed by atoms with Gasteiger partial charge < -0.3 is 14.2 Å². The zero-order valence-electron chi connectivity index (χ0n) is 15.9. The van der Waals surface area contributed by atoms with E-state index in [0.29, 0.717) is 6.20 Å². The molecule has 33 heavy (non-hydrogen) atoms. The minimum Gasteiger partial charge on any atom is -0.490 e. The van der Waals surface area contributed by atoms with E-state index in [0.717, 1.165) is 24.3 Å². The van der Waals surface area contributed by atoms with Gasteiger partial charge in [0.25, 0.3) is 0 Å². The highest BCUT2D eigenvalue weighted by molar-refractivity contribution is 6.37. The zero-order valence-corrected chi connectivity index (χ0v) is 17.4. The maximum absolute atomic E-state index is 13.3. The maximum Gasteiger partial charge on any atom is 0.460 e. The van der Waals surface area contributed by atoms with Crippen LogP contribution in [0.15, 0.2) is 30.5 Å². The number of ether oxygens (including phenoxy) is 3. The SMILES string of the molecule is FC(Oc1cc(Cl)c(OCCCOc2ccc(C(F)(F)F)cn2)c(Cl)c1)C(F)(F)C(F)(F)F. The smallest absolute Gasteiger partial charge is 0.460 e. The van der Waals surface area contributed by atoms with Crippen molar-refractivity contribution in [3.8, 4) is 17.4 Å². The van der Waals surface area contributed by atoms with Crippen LogP contribution >= 0.6 is 23.2 Å². The Hall–Kier alpha value is -2.28. The molecule has 0 saturated carbocycles. The molecule has 1 atom stereocenters. The summed E-state index contributed by atoms with van der Waals surface area (Å²) in [5.74, 6) is -6.85. The first-order chi connectivity index (χ1) is 15.1. The lowest BCUT2D eigenvalue weighted by atomic mass is 10.3. The number of pyridine rings is 1. The van der Waals surface area contributed by atoms with E-state index >= 15 is 0 Å². The van der Waals surface area contributed by atoms with Crippen molar-refractivity contribution in [1.82, 2.24) is 4.98 Å².